The van der Waals surface area contributed by atoms with Gasteiger partial charge in [0.15, 0.2) is 0 Å². The number of hydrogen-bond donors (Lipinski definition) is 1. The second-order valence-electron chi connectivity index (χ2n) is 5.41. The number of rotatable bonds is 2. The van der Waals surface area contributed by atoms with E-state index in [-0.39, 0.29) is 17.2 Å². The van der Waals surface area contributed by atoms with E-state index < -0.39 is 11.9 Å². The lowest BCUT2D eigenvalue weighted by Crippen LogP contribution is -2.35. The van der Waals surface area contributed by atoms with Crippen LogP contribution < -0.4 is 0 Å². The van der Waals surface area contributed by atoms with Crippen molar-refractivity contribution in [2.45, 2.75) is 20.3 Å². The summed E-state index contributed by atoms with van der Waals surface area (Å²) < 4.78 is 0. The molecule has 4 nitrogen and oxygen atoms in total. The Bertz CT molecular complexity index is 335. The largest absolute Gasteiger partial charge is 0.481 e. The van der Waals surface area contributed by atoms with Crippen molar-refractivity contribution in [1.82, 2.24) is 4.90 Å². The van der Waals surface area contributed by atoms with E-state index in [9.17, 15) is 9.59 Å². The Morgan fingerprint density at radius 3 is 2.53 bits per heavy atom. The molecule has 1 amide bonds. The Labute approximate surface area is 106 Å². The molecule has 2 unspecified atom stereocenters. The molecule has 0 aromatic rings. The molecule has 2 atom stereocenters. The predicted octanol–water partition coefficient (Wildman–Crippen LogP) is 1.31. The summed E-state index contributed by atoms with van der Waals surface area (Å²) in [7, 11) is 0. The van der Waals surface area contributed by atoms with E-state index >= 15 is 0 Å². The first kappa shape index (κ1) is 12.7. The average Bonchev–Trinajstić information content (AvgIpc) is 2.90. The third kappa shape index (κ3) is 2.30. The first-order chi connectivity index (χ1) is 7.96. The Morgan fingerprint density at radius 1 is 1.24 bits per heavy atom. The van der Waals surface area contributed by atoms with Crippen LogP contribution in [0.25, 0.3) is 0 Å². The lowest BCUT2D eigenvalue weighted by Gasteiger charge is -2.20. The number of amides is 1. The molecule has 2 rings (SSSR count). The molecule has 5 heteroatoms. The van der Waals surface area contributed by atoms with Crippen LogP contribution in [0.3, 0.4) is 0 Å². The van der Waals surface area contributed by atoms with Gasteiger partial charge in [0.25, 0.3) is 0 Å². The van der Waals surface area contributed by atoms with Gasteiger partial charge in [0.2, 0.25) is 5.91 Å². The third-order valence-electron chi connectivity index (χ3n) is 3.89. The molecular formula is C12H19NO3S. The van der Waals surface area contributed by atoms with Crippen LogP contribution in [0, 0.1) is 17.3 Å². The monoisotopic (exact) mass is 257 g/mol. The lowest BCUT2D eigenvalue weighted by molar-refractivity contribution is -0.142. The molecule has 0 spiro atoms. The second-order valence-corrected chi connectivity index (χ2v) is 6.63. The highest BCUT2D eigenvalue weighted by molar-refractivity contribution is 7.99. The van der Waals surface area contributed by atoms with Gasteiger partial charge < -0.3 is 10.0 Å². The van der Waals surface area contributed by atoms with E-state index in [1.807, 2.05) is 30.5 Å². The average molecular weight is 257 g/mol. The maximum Gasteiger partial charge on any atom is 0.307 e. The van der Waals surface area contributed by atoms with Crippen molar-refractivity contribution in [1.29, 1.82) is 0 Å². The fourth-order valence-electron chi connectivity index (χ4n) is 2.72. The zero-order chi connectivity index (χ0) is 12.6. The summed E-state index contributed by atoms with van der Waals surface area (Å²) in [6.07, 6.45) is 1.02. The SMILES string of the molecule is CC1(C)C(C(=O)O)C1C(=O)N1CCCSCC1. The highest BCUT2D eigenvalue weighted by atomic mass is 32.2. The summed E-state index contributed by atoms with van der Waals surface area (Å²) >= 11 is 1.87. The summed E-state index contributed by atoms with van der Waals surface area (Å²) in [5.74, 6) is 0.466. The molecule has 1 N–H and O–H groups in total. The zero-order valence-electron chi connectivity index (χ0n) is 10.3. The van der Waals surface area contributed by atoms with Crippen molar-refractivity contribution in [3.8, 4) is 0 Å². The van der Waals surface area contributed by atoms with Gasteiger partial charge in [0.1, 0.15) is 0 Å². The molecule has 1 saturated heterocycles. The minimum atomic E-state index is -0.836. The summed E-state index contributed by atoms with van der Waals surface area (Å²) in [5, 5.41) is 9.09. The predicted molar refractivity (Wildman–Crippen MR) is 66.9 cm³/mol. The molecule has 0 radical (unpaired) electrons. The van der Waals surface area contributed by atoms with Crippen molar-refractivity contribution in [3.63, 3.8) is 0 Å². The molecule has 1 saturated carbocycles. The lowest BCUT2D eigenvalue weighted by atomic mass is 10.1. The molecule has 96 valence electrons. The first-order valence-corrected chi connectivity index (χ1v) is 7.21. The number of carbonyl (C=O) groups is 2. The first-order valence-electron chi connectivity index (χ1n) is 6.05. The maximum atomic E-state index is 12.3. The fraction of sp³-hybridized carbons (Fsp3) is 0.833. The van der Waals surface area contributed by atoms with Crippen molar-refractivity contribution in [2.75, 3.05) is 24.6 Å². The summed E-state index contributed by atoms with van der Waals surface area (Å²) in [5.41, 5.74) is -0.373. The number of thioether (sulfide) groups is 1. The van der Waals surface area contributed by atoms with Gasteiger partial charge in [-0.05, 0) is 17.6 Å². The molecule has 0 bridgehead atoms. The van der Waals surface area contributed by atoms with E-state index in [4.69, 9.17) is 5.11 Å². The number of aliphatic carboxylic acids is 1. The van der Waals surface area contributed by atoms with Crippen LogP contribution in [0.5, 0.6) is 0 Å². The quantitative estimate of drug-likeness (QED) is 0.810. The highest BCUT2D eigenvalue weighted by Crippen LogP contribution is 2.59. The van der Waals surface area contributed by atoms with Crippen LogP contribution in [0.1, 0.15) is 20.3 Å². The van der Waals surface area contributed by atoms with Crippen LogP contribution in [0.2, 0.25) is 0 Å². The van der Waals surface area contributed by atoms with Gasteiger partial charge >= 0.3 is 5.97 Å². The van der Waals surface area contributed by atoms with E-state index in [0.717, 1.165) is 31.0 Å². The van der Waals surface area contributed by atoms with Crippen LogP contribution >= 0.6 is 11.8 Å². The Hall–Kier alpha value is -0.710. The van der Waals surface area contributed by atoms with Crippen molar-refractivity contribution >= 4 is 23.6 Å². The van der Waals surface area contributed by atoms with Gasteiger partial charge in [-0.1, -0.05) is 13.8 Å². The molecule has 0 aromatic heterocycles. The zero-order valence-corrected chi connectivity index (χ0v) is 11.1. The van der Waals surface area contributed by atoms with E-state index in [2.05, 4.69) is 0 Å². The van der Waals surface area contributed by atoms with Crippen LogP contribution in [-0.4, -0.2) is 46.5 Å². The second kappa shape index (κ2) is 4.52. The van der Waals surface area contributed by atoms with Crippen molar-refractivity contribution in [2.24, 2.45) is 17.3 Å². The standard InChI is InChI=1S/C12H19NO3S/c1-12(2)8(9(12)11(15)16)10(14)13-4-3-6-17-7-5-13/h8-9H,3-7H2,1-2H3,(H,15,16). The van der Waals surface area contributed by atoms with Gasteiger partial charge in [0.05, 0.1) is 11.8 Å². The fourth-order valence-corrected chi connectivity index (χ4v) is 3.61. The molecule has 1 aliphatic heterocycles. The van der Waals surface area contributed by atoms with E-state index in [1.54, 1.807) is 0 Å². The summed E-state index contributed by atoms with van der Waals surface area (Å²) in [4.78, 5) is 25.2. The number of nitrogens with zero attached hydrogens (tertiary/aromatic N) is 1. The minimum absolute atomic E-state index is 0.0462. The molecule has 2 fully saturated rings. The maximum absolute atomic E-state index is 12.3. The van der Waals surface area contributed by atoms with Crippen molar-refractivity contribution < 1.29 is 14.7 Å². The smallest absolute Gasteiger partial charge is 0.307 e. The molecule has 2 aliphatic rings. The Kier molecular flexibility index (Phi) is 3.39. The summed E-state index contributed by atoms with van der Waals surface area (Å²) in [6.45, 7) is 5.30. The molecule has 0 aromatic carbocycles. The molecule has 1 heterocycles. The van der Waals surface area contributed by atoms with Crippen LogP contribution in [0.15, 0.2) is 0 Å². The topological polar surface area (TPSA) is 57.6 Å². The molecule has 17 heavy (non-hydrogen) atoms. The van der Waals surface area contributed by atoms with Gasteiger partial charge in [-0.25, -0.2) is 0 Å². The number of carbonyl (C=O) groups excluding carboxylic acids is 1. The third-order valence-corrected chi connectivity index (χ3v) is 4.94. The van der Waals surface area contributed by atoms with Crippen molar-refractivity contribution in [3.05, 3.63) is 0 Å². The molecule has 1 aliphatic carbocycles. The Morgan fingerprint density at radius 2 is 1.94 bits per heavy atom. The minimum Gasteiger partial charge on any atom is -0.481 e. The number of carboxylic acid groups (broad SMARTS) is 1. The number of hydrogen-bond acceptors (Lipinski definition) is 3. The highest BCUT2D eigenvalue weighted by Gasteiger charge is 2.66. The van der Waals surface area contributed by atoms with E-state index in [0.29, 0.717) is 0 Å². The van der Waals surface area contributed by atoms with Gasteiger partial charge in [-0.15, -0.1) is 0 Å². The van der Waals surface area contributed by atoms with Gasteiger partial charge in [-0.2, -0.15) is 11.8 Å². The number of carboxylic acids is 1. The Balaban J connectivity index is 2.03. The normalized spacial score (nSPS) is 31.8. The van der Waals surface area contributed by atoms with Crippen LogP contribution in [0.4, 0.5) is 0 Å². The molecular weight excluding hydrogens is 238 g/mol. The van der Waals surface area contributed by atoms with Gasteiger partial charge in [0, 0.05) is 18.8 Å². The summed E-state index contributed by atoms with van der Waals surface area (Å²) in [6, 6.07) is 0. The van der Waals surface area contributed by atoms with Crippen LogP contribution in [-0.2, 0) is 9.59 Å². The van der Waals surface area contributed by atoms with Gasteiger partial charge in [-0.3, -0.25) is 9.59 Å². The van der Waals surface area contributed by atoms with E-state index in [1.165, 1.54) is 0 Å².